The molecule has 0 amide bonds. The topological polar surface area (TPSA) is 24.9 Å². The molecule has 3 heteroatoms. The normalized spacial score (nSPS) is 10.8. The quantitative estimate of drug-likeness (QED) is 0.894. The van der Waals surface area contributed by atoms with Crippen LogP contribution in [-0.2, 0) is 13.1 Å². The number of hydrogen-bond donors (Lipinski definition) is 1. The summed E-state index contributed by atoms with van der Waals surface area (Å²) >= 11 is 1.76. The van der Waals surface area contributed by atoms with E-state index in [1.165, 1.54) is 21.6 Å². The van der Waals surface area contributed by atoms with Crippen molar-refractivity contribution in [3.8, 4) is 0 Å². The van der Waals surface area contributed by atoms with E-state index in [0.717, 1.165) is 18.1 Å². The van der Waals surface area contributed by atoms with Crippen LogP contribution in [0.15, 0.2) is 24.4 Å². The van der Waals surface area contributed by atoms with Crippen LogP contribution in [0.1, 0.15) is 26.6 Å². The zero-order chi connectivity index (χ0) is 12.3. The molecule has 0 fully saturated rings. The summed E-state index contributed by atoms with van der Waals surface area (Å²) < 4.78 is 0. The van der Waals surface area contributed by atoms with Crippen molar-refractivity contribution in [3.63, 3.8) is 0 Å². The summed E-state index contributed by atoms with van der Waals surface area (Å²) in [6.45, 7) is 8.20. The zero-order valence-electron chi connectivity index (χ0n) is 10.6. The van der Waals surface area contributed by atoms with Gasteiger partial charge in [0.05, 0.1) is 5.01 Å². The van der Waals surface area contributed by atoms with Gasteiger partial charge in [0.1, 0.15) is 0 Å². The van der Waals surface area contributed by atoms with E-state index in [9.17, 15) is 0 Å². The van der Waals surface area contributed by atoms with Gasteiger partial charge in [0.25, 0.3) is 0 Å². The molecule has 0 atom stereocenters. The number of rotatable bonds is 4. The lowest BCUT2D eigenvalue weighted by molar-refractivity contribution is 0.694. The van der Waals surface area contributed by atoms with Gasteiger partial charge in [0, 0.05) is 24.2 Å². The standard InChI is InChI=1S/C14H18N2S/c1-10-5-4-6-11(2)14(10)9-15-7-13-8-16-12(3)17-13/h4-6,8,15H,7,9H2,1-3H3. The molecule has 0 saturated heterocycles. The Hall–Kier alpha value is -1.19. The van der Waals surface area contributed by atoms with E-state index in [-0.39, 0.29) is 0 Å². The number of aromatic nitrogens is 1. The van der Waals surface area contributed by atoms with Crippen molar-refractivity contribution >= 4 is 11.3 Å². The number of nitrogens with one attached hydrogen (secondary N) is 1. The van der Waals surface area contributed by atoms with Gasteiger partial charge in [-0.3, -0.25) is 0 Å². The van der Waals surface area contributed by atoms with E-state index < -0.39 is 0 Å². The molecule has 1 aromatic carbocycles. The highest BCUT2D eigenvalue weighted by atomic mass is 32.1. The maximum absolute atomic E-state index is 4.26. The van der Waals surface area contributed by atoms with Crippen LogP contribution in [0.25, 0.3) is 0 Å². The first kappa shape index (κ1) is 12.3. The van der Waals surface area contributed by atoms with Crippen LogP contribution in [0.2, 0.25) is 0 Å². The summed E-state index contributed by atoms with van der Waals surface area (Å²) in [5.74, 6) is 0. The van der Waals surface area contributed by atoms with Crippen LogP contribution in [0.4, 0.5) is 0 Å². The second kappa shape index (κ2) is 5.43. The summed E-state index contributed by atoms with van der Waals surface area (Å²) in [6, 6.07) is 6.45. The highest BCUT2D eigenvalue weighted by Crippen LogP contribution is 2.14. The average Bonchev–Trinajstić information content (AvgIpc) is 2.69. The van der Waals surface area contributed by atoms with Gasteiger partial charge < -0.3 is 5.32 Å². The molecule has 1 N–H and O–H groups in total. The minimum Gasteiger partial charge on any atom is -0.308 e. The lowest BCUT2D eigenvalue weighted by atomic mass is 10.0. The van der Waals surface area contributed by atoms with Crippen LogP contribution in [0.5, 0.6) is 0 Å². The Morgan fingerprint density at radius 1 is 1.12 bits per heavy atom. The highest BCUT2D eigenvalue weighted by molar-refractivity contribution is 7.11. The van der Waals surface area contributed by atoms with Gasteiger partial charge in [-0.25, -0.2) is 4.98 Å². The fourth-order valence-electron chi connectivity index (χ4n) is 1.93. The molecule has 1 heterocycles. The summed E-state index contributed by atoms with van der Waals surface area (Å²) in [4.78, 5) is 5.56. The Balaban J connectivity index is 1.94. The molecule has 2 rings (SSSR count). The molecule has 90 valence electrons. The predicted molar refractivity (Wildman–Crippen MR) is 73.3 cm³/mol. The van der Waals surface area contributed by atoms with E-state index in [1.54, 1.807) is 11.3 Å². The van der Waals surface area contributed by atoms with Crippen molar-refractivity contribution in [2.45, 2.75) is 33.9 Å². The van der Waals surface area contributed by atoms with Crippen molar-refractivity contribution < 1.29 is 0 Å². The van der Waals surface area contributed by atoms with Crippen LogP contribution in [0, 0.1) is 20.8 Å². The van der Waals surface area contributed by atoms with Gasteiger partial charge >= 0.3 is 0 Å². The average molecular weight is 246 g/mol. The molecular weight excluding hydrogens is 228 g/mol. The van der Waals surface area contributed by atoms with Gasteiger partial charge in [0.2, 0.25) is 0 Å². The second-order valence-corrected chi connectivity index (χ2v) is 5.64. The Bertz CT molecular complexity index is 482. The lowest BCUT2D eigenvalue weighted by Crippen LogP contribution is -2.13. The smallest absolute Gasteiger partial charge is 0.0897 e. The Labute approximate surface area is 107 Å². The number of aryl methyl sites for hydroxylation is 3. The summed E-state index contributed by atoms with van der Waals surface area (Å²) in [5.41, 5.74) is 4.13. The fourth-order valence-corrected chi connectivity index (χ4v) is 2.69. The maximum atomic E-state index is 4.26. The van der Waals surface area contributed by atoms with Crippen molar-refractivity contribution in [3.05, 3.63) is 51.0 Å². The maximum Gasteiger partial charge on any atom is 0.0897 e. The molecule has 2 nitrogen and oxygen atoms in total. The van der Waals surface area contributed by atoms with Gasteiger partial charge in [-0.15, -0.1) is 11.3 Å². The molecule has 0 spiro atoms. The first-order valence-corrected chi connectivity index (χ1v) is 6.65. The molecule has 0 unspecified atom stereocenters. The molecule has 0 saturated carbocycles. The van der Waals surface area contributed by atoms with Gasteiger partial charge in [-0.05, 0) is 37.5 Å². The molecule has 17 heavy (non-hydrogen) atoms. The lowest BCUT2D eigenvalue weighted by Gasteiger charge is -2.10. The molecule has 0 aliphatic carbocycles. The zero-order valence-corrected chi connectivity index (χ0v) is 11.4. The molecule has 2 aromatic rings. The largest absolute Gasteiger partial charge is 0.308 e. The molecular formula is C14H18N2S. The fraction of sp³-hybridized carbons (Fsp3) is 0.357. The second-order valence-electron chi connectivity index (χ2n) is 4.32. The van der Waals surface area contributed by atoms with Crippen molar-refractivity contribution in [1.82, 2.24) is 10.3 Å². The summed E-state index contributed by atoms with van der Waals surface area (Å²) in [7, 11) is 0. The van der Waals surface area contributed by atoms with Gasteiger partial charge in [0.15, 0.2) is 0 Å². The number of thiazole rings is 1. The van der Waals surface area contributed by atoms with E-state index >= 15 is 0 Å². The van der Waals surface area contributed by atoms with Crippen LogP contribution in [-0.4, -0.2) is 4.98 Å². The highest BCUT2D eigenvalue weighted by Gasteiger charge is 2.02. The predicted octanol–water partition coefficient (Wildman–Crippen LogP) is 3.36. The van der Waals surface area contributed by atoms with Gasteiger partial charge in [-0.1, -0.05) is 18.2 Å². The molecule has 1 aromatic heterocycles. The first-order valence-electron chi connectivity index (χ1n) is 5.84. The first-order chi connectivity index (χ1) is 8.16. The minimum atomic E-state index is 0.902. The van der Waals surface area contributed by atoms with E-state index in [4.69, 9.17) is 0 Å². The van der Waals surface area contributed by atoms with Crippen LogP contribution >= 0.6 is 11.3 Å². The number of hydrogen-bond acceptors (Lipinski definition) is 3. The summed E-state index contributed by atoms with van der Waals surface area (Å²) in [5, 5.41) is 4.62. The number of benzene rings is 1. The molecule has 0 radical (unpaired) electrons. The third-order valence-electron chi connectivity index (χ3n) is 2.91. The van der Waals surface area contributed by atoms with Crippen molar-refractivity contribution in [2.24, 2.45) is 0 Å². The monoisotopic (exact) mass is 246 g/mol. The van der Waals surface area contributed by atoms with Crippen LogP contribution < -0.4 is 5.32 Å². The Morgan fingerprint density at radius 3 is 2.41 bits per heavy atom. The van der Waals surface area contributed by atoms with E-state index in [0.29, 0.717) is 0 Å². The molecule has 0 bridgehead atoms. The SMILES string of the molecule is Cc1ncc(CNCc2c(C)cccc2C)s1. The van der Waals surface area contributed by atoms with Crippen LogP contribution in [0.3, 0.4) is 0 Å². The molecule has 0 aliphatic heterocycles. The van der Waals surface area contributed by atoms with Gasteiger partial charge in [-0.2, -0.15) is 0 Å². The minimum absolute atomic E-state index is 0.902. The van der Waals surface area contributed by atoms with Crippen molar-refractivity contribution in [2.75, 3.05) is 0 Å². The Morgan fingerprint density at radius 2 is 1.82 bits per heavy atom. The third-order valence-corrected chi connectivity index (χ3v) is 3.83. The van der Waals surface area contributed by atoms with E-state index in [2.05, 4.69) is 42.3 Å². The molecule has 0 aliphatic rings. The summed E-state index contributed by atoms with van der Waals surface area (Å²) in [6.07, 6.45) is 1.96. The Kier molecular flexibility index (Phi) is 3.92. The third kappa shape index (κ3) is 3.14. The number of nitrogens with zero attached hydrogens (tertiary/aromatic N) is 1. The van der Waals surface area contributed by atoms with E-state index in [1.807, 2.05) is 13.1 Å². The van der Waals surface area contributed by atoms with Crippen molar-refractivity contribution in [1.29, 1.82) is 0 Å².